The molecule has 5 heteroatoms. The molecule has 0 aliphatic carbocycles. The summed E-state index contributed by atoms with van der Waals surface area (Å²) in [5.74, 6) is 5.82. The first-order chi connectivity index (χ1) is 9.76. The Morgan fingerprint density at radius 3 is 2.85 bits per heavy atom. The molecule has 1 heterocycles. The van der Waals surface area contributed by atoms with Crippen LogP contribution in [0.4, 0.5) is 0 Å². The van der Waals surface area contributed by atoms with Crippen molar-refractivity contribution in [1.82, 2.24) is 15.6 Å². The Kier molecular flexibility index (Phi) is 5.52. The van der Waals surface area contributed by atoms with Crippen LogP contribution in [0.2, 0.25) is 0 Å². The molecule has 1 aliphatic rings. The van der Waals surface area contributed by atoms with Gasteiger partial charge in [-0.05, 0) is 44.5 Å². The van der Waals surface area contributed by atoms with Crippen LogP contribution < -0.4 is 16.6 Å². The molecule has 2 rings (SSSR count). The average Bonchev–Trinajstić information content (AvgIpc) is 2.49. The number of nitrogens with one attached hydrogen (secondary N) is 2. The van der Waals surface area contributed by atoms with E-state index < -0.39 is 0 Å². The number of likely N-dealkylation sites (tertiary alicyclic amines) is 1. The number of carbonyl (C=O) groups is 1. The normalized spacial score (nSPS) is 21.4. The van der Waals surface area contributed by atoms with E-state index in [9.17, 15) is 4.79 Å². The average molecular weight is 276 g/mol. The number of rotatable bonds is 5. The van der Waals surface area contributed by atoms with Crippen LogP contribution in [0.1, 0.15) is 24.4 Å². The van der Waals surface area contributed by atoms with Crippen LogP contribution in [0.5, 0.6) is 0 Å². The van der Waals surface area contributed by atoms with E-state index in [0.29, 0.717) is 5.92 Å². The predicted molar refractivity (Wildman–Crippen MR) is 79.7 cm³/mol. The van der Waals surface area contributed by atoms with E-state index >= 15 is 0 Å². The molecule has 20 heavy (non-hydrogen) atoms. The highest BCUT2D eigenvalue weighted by molar-refractivity contribution is 5.82. The van der Waals surface area contributed by atoms with E-state index in [2.05, 4.69) is 15.6 Å². The van der Waals surface area contributed by atoms with Gasteiger partial charge in [0.2, 0.25) is 0 Å². The summed E-state index contributed by atoms with van der Waals surface area (Å²) < 4.78 is 0. The lowest BCUT2D eigenvalue weighted by Crippen LogP contribution is -2.48. The molecule has 0 aromatic heterocycles. The minimum absolute atomic E-state index is 0.138. The van der Waals surface area contributed by atoms with Crippen LogP contribution in [0, 0.1) is 5.92 Å². The first kappa shape index (κ1) is 15.0. The third-order valence-electron chi connectivity index (χ3n) is 3.91. The fraction of sp³-hybridized carbons (Fsp3) is 0.533. The molecular weight excluding hydrogens is 252 g/mol. The van der Waals surface area contributed by atoms with Gasteiger partial charge < -0.3 is 5.32 Å². The van der Waals surface area contributed by atoms with E-state index in [-0.39, 0.29) is 11.9 Å². The van der Waals surface area contributed by atoms with Crippen LogP contribution in [-0.4, -0.2) is 37.5 Å². The van der Waals surface area contributed by atoms with Gasteiger partial charge in [0.05, 0.1) is 0 Å². The van der Waals surface area contributed by atoms with Crippen molar-refractivity contribution in [2.75, 3.05) is 26.7 Å². The fourth-order valence-corrected chi connectivity index (χ4v) is 3.03. The SMILES string of the molecule is CNCC1CCCN(C(C(=O)NN)c2ccccc2)C1. The molecule has 1 aromatic rings. The maximum atomic E-state index is 12.2. The van der Waals surface area contributed by atoms with E-state index in [1.54, 1.807) is 0 Å². The van der Waals surface area contributed by atoms with Gasteiger partial charge in [0.1, 0.15) is 6.04 Å². The van der Waals surface area contributed by atoms with E-state index in [4.69, 9.17) is 5.84 Å². The molecule has 5 nitrogen and oxygen atoms in total. The molecular formula is C15H24N4O. The summed E-state index contributed by atoms with van der Waals surface area (Å²) in [5.41, 5.74) is 3.31. The monoisotopic (exact) mass is 276 g/mol. The van der Waals surface area contributed by atoms with E-state index in [1.807, 2.05) is 37.4 Å². The minimum atomic E-state index is -0.291. The van der Waals surface area contributed by atoms with Gasteiger partial charge in [-0.3, -0.25) is 15.1 Å². The lowest BCUT2D eigenvalue weighted by molar-refractivity contribution is -0.127. The summed E-state index contributed by atoms with van der Waals surface area (Å²) in [7, 11) is 1.97. The lowest BCUT2D eigenvalue weighted by Gasteiger charge is -2.37. The van der Waals surface area contributed by atoms with Gasteiger partial charge in [-0.2, -0.15) is 0 Å². The Morgan fingerprint density at radius 1 is 1.45 bits per heavy atom. The molecule has 1 saturated heterocycles. The number of benzene rings is 1. The molecule has 2 atom stereocenters. The maximum Gasteiger partial charge on any atom is 0.255 e. The predicted octanol–water partition coefficient (Wildman–Crippen LogP) is 0.649. The molecule has 0 saturated carbocycles. The Morgan fingerprint density at radius 2 is 2.20 bits per heavy atom. The lowest BCUT2D eigenvalue weighted by atomic mass is 9.94. The number of carbonyl (C=O) groups excluding carboxylic acids is 1. The second kappa shape index (κ2) is 7.38. The highest BCUT2D eigenvalue weighted by Gasteiger charge is 2.31. The molecule has 4 N–H and O–H groups in total. The van der Waals surface area contributed by atoms with Crippen molar-refractivity contribution in [3.05, 3.63) is 35.9 Å². The molecule has 0 spiro atoms. The van der Waals surface area contributed by atoms with Gasteiger partial charge in [0.15, 0.2) is 0 Å². The zero-order valence-electron chi connectivity index (χ0n) is 12.0. The number of amides is 1. The third-order valence-corrected chi connectivity index (χ3v) is 3.91. The van der Waals surface area contributed by atoms with Crippen LogP contribution in [-0.2, 0) is 4.79 Å². The van der Waals surface area contributed by atoms with E-state index in [1.165, 1.54) is 6.42 Å². The van der Waals surface area contributed by atoms with Crippen LogP contribution in [0.3, 0.4) is 0 Å². The largest absolute Gasteiger partial charge is 0.319 e. The highest BCUT2D eigenvalue weighted by atomic mass is 16.2. The summed E-state index contributed by atoms with van der Waals surface area (Å²) >= 11 is 0. The van der Waals surface area contributed by atoms with Gasteiger partial charge in [0.25, 0.3) is 5.91 Å². The summed E-state index contributed by atoms with van der Waals surface area (Å²) in [6.07, 6.45) is 2.33. The van der Waals surface area contributed by atoms with E-state index in [0.717, 1.165) is 31.6 Å². The van der Waals surface area contributed by atoms with Gasteiger partial charge in [0, 0.05) is 6.54 Å². The number of hydrogen-bond acceptors (Lipinski definition) is 4. The Hall–Kier alpha value is -1.43. The van der Waals surface area contributed by atoms with Gasteiger partial charge in [-0.1, -0.05) is 30.3 Å². The third kappa shape index (κ3) is 3.56. The number of nitrogens with zero attached hydrogens (tertiary/aromatic N) is 1. The van der Waals surface area contributed by atoms with Crippen molar-refractivity contribution < 1.29 is 4.79 Å². The quantitative estimate of drug-likeness (QED) is 0.419. The van der Waals surface area contributed by atoms with Crippen molar-refractivity contribution in [3.63, 3.8) is 0 Å². The van der Waals surface area contributed by atoms with Crippen LogP contribution >= 0.6 is 0 Å². The summed E-state index contributed by atoms with van der Waals surface area (Å²) in [6, 6.07) is 9.56. The molecule has 0 radical (unpaired) electrons. The highest BCUT2D eigenvalue weighted by Crippen LogP contribution is 2.26. The van der Waals surface area contributed by atoms with Crippen molar-refractivity contribution in [2.24, 2.45) is 11.8 Å². The molecule has 2 unspecified atom stereocenters. The van der Waals surface area contributed by atoms with Crippen molar-refractivity contribution in [1.29, 1.82) is 0 Å². The van der Waals surface area contributed by atoms with Crippen molar-refractivity contribution in [2.45, 2.75) is 18.9 Å². The van der Waals surface area contributed by atoms with Gasteiger partial charge in [-0.25, -0.2) is 5.84 Å². The van der Waals surface area contributed by atoms with Crippen LogP contribution in [0.25, 0.3) is 0 Å². The second-order valence-electron chi connectivity index (χ2n) is 5.38. The second-order valence-corrected chi connectivity index (χ2v) is 5.38. The number of hydrogen-bond donors (Lipinski definition) is 3. The first-order valence-corrected chi connectivity index (χ1v) is 7.20. The van der Waals surface area contributed by atoms with Gasteiger partial charge in [-0.15, -0.1) is 0 Å². The molecule has 1 aromatic carbocycles. The Labute approximate surface area is 120 Å². The first-order valence-electron chi connectivity index (χ1n) is 7.20. The standard InChI is InChI=1S/C15H24N4O/c1-17-10-12-6-5-9-19(11-12)14(15(20)18-16)13-7-3-2-4-8-13/h2-4,7-8,12,14,17H,5-6,9-11,16H2,1H3,(H,18,20). The zero-order valence-corrected chi connectivity index (χ0v) is 12.0. The number of hydrazine groups is 1. The fourth-order valence-electron chi connectivity index (χ4n) is 3.03. The van der Waals surface area contributed by atoms with Gasteiger partial charge >= 0.3 is 0 Å². The smallest absolute Gasteiger partial charge is 0.255 e. The number of piperidine rings is 1. The summed E-state index contributed by atoms with van der Waals surface area (Å²) in [6.45, 7) is 2.85. The Balaban J connectivity index is 2.16. The van der Waals surface area contributed by atoms with Crippen molar-refractivity contribution >= 4 is 5.91 Å². The molecule has 1 fully saturated rings. The van der Waals surface area contributed by atoms with Crippen molar-refractivity contribution in [3.8, 4) is 0 Å². The van der Waals surface area contributed by atoms with Crippen LogP contribution in [0.15, 0.2) is 30.3 Å². The molecule has 1 aliphatic heterocycles. The molecule has 1 amide bonds. The molecule has 0 bridgehead atoms. The topological polar surface area (TPSA) is 70.4 Å². The number of nitrogens with two attached hydrogens (primary N) is 1. The Bertz CT molecular complexity index is 421. The maximum absolute atomic E-state index is 12.2. The summed E-state index contributed by atoms with van der Waals surface area (Å²) in [4.78, 5) is 14.4. The molecule has 110 valence electrons. The minimum Gasteiger partial charge on any atom is -0.319 e. The summed E-state index contributed by atoms with van der Waals surface area (Å²) in [5, 5.41) is 3.23. The zero-order chi connectivity index (χ0) is 14.4.